The fourth-order valence-electron chi connectivity index (χ4n) is 1.06. The van der Waals surface area contributed by atoms with Crippen molar-refractivity contribution in [3.63, 3.8) is 0 Å². The van der Waals surface area contributed by atoms with Gasteiger partial charge in [0.15, 0.2) is 7.28 Å². The van der Waals surface area contributed by atoms with Gasteiger partial charge in [-0.15, -0.1) is 0 Å². The second-order valence-electron chi connectivity index (χ2n) is 2.41. The van der Waals surface area contributed by atoms with Gasteiger partial charge in [-0.1, -0.05) is 37.7 Å². The zero-order valence-electron chi connectivity index (χ0n) is 6.67. The Bertz CT molecular complexity index is 268. The Labute approximate surface area is 67.6 Å². The number of benzene rings is 1. The number of phenolic OH excluding ortho intramolecular Hbond substituents is 1. The van der Waals surface area contributed by atoms with Gasteiger partial charge in [-0.25, -0.2) is 0 Å². The molecule has 0 atom stereocenters. The highest BCUT2D eigenvalue weighted by Crippen LogP contribution is 2.13. The van der Waals surface area contributed by atoms with E-state index in [1.807, 2.05) is 25.0 Å². The first-order valence-corrected chi connectivity index (χ1v) is 3.73. The van der Waals surface area contributed by atoms with Crippen LogP contribution in [0.4, 0.5) is 0 Å². The topological polar surface area (TPSA) is 20.2 Å². The number of aromatic hydroxyl groups is 1. The van der Waals surface area contributed by atoms with Crippen molar-refractivity contribution < 1.29 is 5.11 Å². The molecule has 0 unspecified atom stereocenters. The Morgan fingerprint density at radius 2 is 2.27 bits per heavy atom. The van der Waals surface area contributed by atoms with Crippen LogP contribution >= 0.6 is 0 Å². The van der Waals surface area contributed by atoms with Crippen LogP contribution in [0.25, 0.3) is 6.08 Å². The van der Waals surface area contributed by atoms with E-state index in [-0.39, 0.29) is 0 Å². The van der Waals surface area contributed by atoms with Crippen LogP contribution in [-0.2, 0) is 0 Å². The third-order valence-corrected chi connectivity index (χ3v) is 1.75. The van der Waals surface area contributed by atoms with Gasteiger partial charge in [0.05, 0.1) is 0 Å². The molecule has 0 spiro atoms. The van der Waals surface area contributed by atoms with E-state index in [0.29, 0.717) is 5.75 Å². The molecular weight excluding hydrogens is 135 g/mol. The summed E-state index contributed by atoms with van der Waals surface area (Å²) < 4.78 is 0. The van der Waals surface area contributed by atoms with Gasteiger partial charge in [0.25, 0.3) is 0 Å². The largest absolute Gasteiger partial charge is 0.508 e. The van der Waals surface area contributed by atoms with E-state index in [9.17, 15) is 5.11 Å². The van der Waals surface area contributed by atoms with Crippen LogP contribution in [0, 0.1) is 0 Å². The average molecular weight is 146 g/mol. The minimum atomic E-state index is 0.366. The van der Waals surface area contributed by atoms with Crippen molar-refractivity contribution in [3.05, 3.63) is 30.3 Å². The first-order valence-electron chi connectivity index (χ1n) is 3.73. The maximum Gasteiger partial charge on any atom is 0.159 e. The Morgan fingerprint density at radius 3 is 2.82 bits per heavy atom. The molecule has 0 aliphatic rings. The van der Waals surface area contributed by atoms with E-state index in [2.05, 4.69) is 6.58 Å². The molecule has 56 valence electrons. The van der Waals surface area contributed by atoms with E-state index >= 15 is 0 Å². The Morgan fingerprint density at radius 1 is 1.55 bits per heavy atom. The van der Waals surface area contributed by atoms with Crippen molar-refractivity contribution in [3.8, 4) is 5.75 Å². The molecular formula is C9H11BO. The van der Waals surface area contributed by atoms with Crippen LogP contribution < -0.4 is 5.46 Å². The zero-order chi connectivity index (χ0) is 8.27. The predicted octanol–water partition coefficient (Wildman–Crippen LogP) is 1.15. The lowest BCUT2D eigenvalue weighted by atomic mass is 9.72. The van der Waals surface area contributed by atoms with Crippen molar-refractivity contribution in [2.45, 2.75) is 6.82 Å². The van der Waals surface area contributed by atoms with Gasteiger partial charge in [0.2, 0.25) is 0 Å². The monoisotopic (exact) mass is 146 g/mol. The van der Waals surface area contributed by atoms with Crippen LogP contribution in [0.1, 0.15) is 5.56 Å². The fourth-order valence-corrected chi connectivity index (χ4v) is 1.06. The predicted molar refractivity (Wildman–Crippen MR) is 50.8 cm³/mol. The highest BCUT2D eigenvalue weighted by molar-refractivity contribution is 6.53. The van der Waals surface area contributed by atoms with E-state index in [4.69, 9.17) is 0 Å². The van der Waals surface area contributed by atoms with Crippen LogP contribution in [0.2, 0.25) is 6.82 Å². The summed E-state index contributed by atoms with van der Waals surface area (Å²) in [6.07, 6.45) is 1.66. The fraction of sp³-hybridized carbons (Fsp3) is 0.111. The minimum Gasteiger partial charge on any atom is -0.508 e. The normalized spacial score (nSPS) is 9.18. The molecule has 0 amide bonds. The summed E-state index contributed by atoms with van der Waals surface area (Å²) in [4.78, 5) is 0. The van der Waals surface area contributed by atoms with Gasteiger partial charge in [-0.3, -0.25) is 0 Å². The Kier molecular flexibility index (Phi) is 2.37. The van der Waals surface area contributed by atoms with Crippen molar-refractivity contribution in [2.24, 2.45) is 0 Å². The summed E-state index contributed by atoms with van der Waals surface area (Å²) in [7, 11) is 0.855. The molecule has 11 heavy (non-hydrogen) atoms. The molecule has 0 aromatic heterocycles. The van der Waals surface area contributed by atoms with Crippen molar-refractivity contribution in [1.82, 2.24) is 0 Å². The van der Waals surface area contributed by atoms with E-state index in [1.54, 1.807) is 6.08 Å². The van der Waals surface area contributed by atoms with Gasteiger partial charge < -0.3 is 5.11 Å². The summed E-state index contributed by atoms with van der Waals surface area (Å²) in [5.74, 6) is 0.366. The number of phenols is 1. The van der Waals surface area contributed by atoms with Gasteiger partial charge in [0, 0.05) is 5.56 Å². The molecule has 2 heteroatoms. The quantitative estimate of drug-likeness (QED) is 0.620. The van der Waals surface area contributed by atoms with Gasteiger partial charge >= 0.3 is 0 Å². The SMILES string of the molecule is C=Cc1cccc(BC)c1O. The highest BCUT2D eigenvalue weighted by Gasteiger charge is 2.01. The molecule has 1 aromatic carbocycles. The Hall–Kier alpha value is -1.18. The number of para-hydroxylation sites is 1. The summed E-state index contributed by atoms with van der Waals surface area (Å²) in [5, 5.41) is 9.52. The Balaban J connectivity index is 3.20. The molecule has 1 nitrogen and oxygen atoms in total. The van der Waals surface area contributed by atoms with Crippen molar-refractivity contribution in [1.29, 1.82) is 0 Å². The lowest BCUT2D eigenvalue weighted by molar-refractivity contribution is 0.478. The van der Waals surface area contributed by atoms with Gasteiger partial charge in [-0.05, 0) is 5.46 Å². The molecule has 0 saturated heterocycles. The van der Waals surface area contributed by atoms with Crippen LogP contribution in [0.3, 0.4) is 0 Å². The van der Waals surface area contributed by atoms with E-state index in [0.717, 1.165) is 18.3 Å². The zero-order valence-corrected chi connectivity index (χ0v) is 6.67. The maximum absolute atomic E-state index is 9.52. The second kappa shape index (κ2) is 3.29. The first-order chi connectivity index (χ1) is 5.29. The molecule has 0 aliphatic carbocycles. The smallest absolute Gasteiger partial charge is 0.159 e. The standard InChI is InChI=1S/C9H11BO/c1-3-7-5-4-6-8(10-2)9(7)11/h3-6,10-11H,1H2,2H3. The van der Waals surface area contributed by atoms with Crippen molar-refractivity contribution in [2.75, 3.05) is 0 Å². The summed E-state index contributed by atoms with van der Waals surface area (Å²) in [6, 6.07) is 5.69. The van der Waals surface area contributed by atoms with Gasteiger partial charge in [-0.2, -0.15) is 0 Å². The molecule has 0 fully saturated rings. The number of hydrogen-bond acceptors (Lipinski definition) is 1. The molecule has 0 bridgehead atoms. The minimum absolute atomic E-state index is 0.366. The molecule has 0 aliphatic heterocycles. The third-order valence-electron chi connectivity index (χ3n) is 1.75. The highest BCUT2D eigenvalue weighted by atomic mass is 16.3. The lowest BCUT2D eigenvalue weighted by Gasteiger charge is -2.02. The van der Waals surface area contributed by atoms with Crippen LogP contribution in [-0.4, -0.2) is 12.4 Å². The van der Waals surface area contributed by atoms with E-state index in [1.165, 1.54) is 0 Å². The summed E-state index contributed by atoms with van der Waals surface area (Å²) in [6.45, 7) is 5.62. The number of hydrogen-bond donors (Lipinski definition) is 1. The third kappa shape index (κ3) is 1.45. The number of rotatable bonds is 2. The maximum atomic E-state index is 9.52. The lowest BCUT2D eigenvalue weighted by Crippen LogP contribution is -2.10. The molecule has 0 heterocycles. The molecule has 1 N–H and O–H groups in total. The summed E-state index contributed by atoms with van der Waals surface area (Å²) in [5.41, 5.74) is 1.78. The molecule has 1 rings (SSSR count). The molecule has 0 saturated carbocycles. The van der Waals surface area contributed by atoms with Crippen LogP contribution in [0.5, 0.6) is 5.75 Å². The van der Waals surface area contributed by atoms with E-state index < -0.39 is 0 Å². The molecule has 1 aromatic rings. The first kappa shape index (κ1) is 7.93. The average Bonchev–Trinajstić information content (AvgIpc) is 2.05. The molecule has 0 radical (unpaired) electrons. The summed E-state index contributed by atoms with van der Waals surface area (Å²) >= 11 is 0. The van der Waals surface area contributed by atoms with Crippen LogP contribution in [0.15, 0.2) is 24.8 Å². The van der Waals surface area contributed by atoms with Gasteiger partial charge in [0.1, 0.15) is 5.75 Å². The second-order valence-corrected chi connectivity index (χ2v) is 2.41. The van der Waals surface area contributed by atoms with Crippen molar-refractivity contribution >= 4 is 18.8 Å².